The minimum atomic E-state index is -0.363. The van der Waals surface area contributed by atoms with E-state index in [4.69, 9.17) is 10.6 Å². The van der Waals surface area contributed by atoms with Gasteiger partial charge in [0.25, 0.3) is 5.91 Å². The van der Waals surface area contributed by atoms with E-state index in [9.17, 15) is 4.79 Å². The third-order valence-corrected chi connectivity index (χ3v) is 2.97. The number of nitrogens with two attached hydrogens (primary N) is 1. The zero-order valence-electron chi connectivity index (χ0n) is 11.4. The van der Waals surface area contributed by atoms with Crippen LogP contribution in [0.15, 0.2) is 36.7 Å². The Labute approximate surface area is 117 Å². The molecule has 0 radical (unpaired) electrons. The molecule has 0 spiro atoms. The summed E-state index contributed by atoms with van der Waals surface area (Å²) in [7, 11) is 0. The molecule has 0 fully saturated rings. The first-order chi connectivity index (χ1) is 9.76. The molecule has 2 rings (SSSR count). The quantitative estimate of drug-likeness (QED) is 0.470. The van der Waals surface area contributed by atoms with E-state index in [0.29, 0.717) is 24.5 Å². The van der Waals surface area contributed by atoms with Gasteiger partial charge in [-0.2, -0.15) is 0 Å². The van der Waals surface area contributed by atoms with E-state index in [0.717, 1.165) is 12.2 Å². The van der Waals surface area contributed by atoms with Gasteiger partial charge in [-0.05, 0) is 12.1 Å². The standard InChI is InChI=1S/C14H18N4O2/c1-2-13-16-7-8-18(13)9-10-20-12-6-4-3-5-11(12)14(19)17-15/h3-8H,2,9-10,15H2,1H3,(H,17,19). The Morgan fingerprint density at radius 1 is 1.45 bits per heavy atom. The summed E-state index contributed by atoms with van der Waals surface area (Å²) in [5.74, 6) is 6.32. The molecule has 3 N–H and O–H groups in total. The molecule has 20 heavy (non-hydrogen) atoms. The number of hydrogen-bond acceptors (Lipinski definition) is 4. The Balaban J connectivity index is 1.99. The van der Waals surface area contributed by atoms with Crippen LogP contribution in [0.1, 0.15) is 23.1 Å². The van der Waals surface area contributed by atoms with Gasteiger partial charge in [-0.25, -0.2) is 10.8 Å². The molecule has 1 amide bonds. The number of carbonyl (C=O) groups is 1. The molecule has 1 aromatic carbocycles. The Bertz CT molecular complexity index is 580. The summed E-state index contributed by atoms with van der Waals surface area (Å²) in [6, 6.07) is 7.01. The van der Waals surface area contributed by atoms with Crippen molar-refractivity contribution in [1.29, 1.82) is 0 Å². The number of nitrogens with zero attached hydrogens (tertiary/aromatic N) is 2. The molecule has 0 aliphatic heterocycles. The van der Waals surface area contributed by atoms with Crippen LogP contribution in [0.4, 0.5) is 0 Å². The lowest BCUT2D eigenvalue weighted by molar-refractivity contribution is 0.0949. The van der Waals surface area contributed by atoms with E-state index < -0.39 is 0 Å². The minimum absolute atomic E-state index is 0.363. The van der Waals surface area contributed by atoms with Crippen LogP contribution in [-0.2, 0) is 13.0 Å². The van der Waals surface area contributed by atoms with Crippen LogP contribution in [0.3, 0.4) is 0 Å². The van der Waals surface area contributed by atoms with Gasteiger partial charge in [0.05, 0.1) is 12.1 Å². The highest BCUT2D eigenvalue weighted by Crippen LogP contribution is 2.17. The van der Waals surface area contributed by atoms with Gasteiger partial charge in [0, 0.05) is 18.8 Å². The number of carbonyl (C=O) groups excluding carboxylic acids is 1. The minimum Gasteiger partial charge on any atom is -0.491 e. The Morgan fingerprint density at radius 2 is 2.25 bits per heavy atom. The molecule has 1 aromatic heterocycles. The maximum absolute atomic E-state index is 11.6. The predicted molar refractivity (Wildman–Crippen MR) is 75.2 cm³/mol. The molecule has 0 aliphatic carbocycles. The summed E-state index contributed by atoms with van der Waals surface area (Å²) >= 11 is 0. The van der Waals surface area contributed by atoms with Gasteiger partial charge in [0.1, 0.15) is 18.2 Å². The number of rotatable bonds is 6. The Kier molecular flexibility index (Phi) is 4.73. The number of amides is 1. The normalized spacial score (nSPS) is 10.3. The number of nitrogens with one attached hydrogen (secondary N) is 1. The van der Waals surface area contributed by atoms with Crippen LogP contribution in [-0.4, -0.2) is 22.1 Å². The molecule has 0 aliphatic rings. The highest BCUT2D eigenvalue weighted by Gasteiger charge is 2.10. The highest BCUT2D eigenvalue weighted by molar-refractivity contribution is 5.96. The van der Waals surface area contributed by atoms with E-state index >= 15 is 0 Å². The van der Waals surface area contributed by atoms with Crippen molar-refractivity contribution in [3.05, 3.63) is 48.0 Å². The van der Waals surface area contributed by atoms with Gasteiger partial charge in [0.2, 0.25) is 0 Å². The van der Waals surface area contributed by atoms with E-state index in [2.05, 4.69) is 17.3 Å². The average molecular weight is 274 g/mol. The lowest BCUT2D eigenvalue weighted by Crippen LogP contribution is -2.30. The smallest absolute Gasteiger partial charge is 0.268 e. The number of para-hydroxylation sites is 1. The van der Waals surface area contributed by atoms with Gasteiger partial charge in [0.15, 0.2) is 0 Å². The topological polar surface area (TPSA) is 82.2 Å². The van der Waals surface area contributed by atoms with Gasteiger partial charge >= 0.3 is 0 Å². The second-order valence-electron chi connectivity index (χ2n) is 4.21. The van der Waals surface area contributed by atoms with Crippen molar-refractivity contribution in [2.24, 2.45) is 5.84 Å². The van der Waals surface area contributed by atoms with Crippen molar-refractivity contribution in [2.75, 3.05) is 6.61 Å². The number of hydrazine groups is 1. The van der Waals surface area contributed by atoms with Crippen LogP contribution >= 0.6 is 0 Å². The summed E-state index contributed by atoms with van der Waals surface area (Å²) in [4.78, 5) is 15.8. The molecule has 106 valence electrons. The summed E-state index contributed by atoms with van der Waals surface area (Å²) in [6.07, 6.45) is 4.56. The maximum Gasteiger partial charge on any atom is 0.268 e. The number of aromatic nitrogens is 2. The Hall–Kier alpha value is -2.34. The monoisotopic (exact) mass is 274 g/mol. The Morgan fingerprint density at radius 3 is 3.00 bits per heavy atom. The first kappa shape index (κ1) is 14.1. The van der Waals surface area contributed by atoms with Gasteiger partial charge < -0.3 is 9.30 Å². The number of benzene rings is 1. The molecule has 6 heteroatoms. The third kappa shape index (κ3) is 3.16. The number of imidazole rings is 1. The molecular formula is C14H18N4O2. The van der Waals surface area contributed by atoms with Crippen LogP contribution in [0.2, 0.25) is 0 Å². The lowest BCUT2D eigenvalue weighted by Gasteiger charge is -2.11. The van der Waals surface area contributed by atoms with Gasteiger partial charge in [-0.1, -0.05) is 19.1 Å². The van der Waals surface area contributed by atoms with Crippen molar-refractivity contribution < 1.29 is 9.53 Å². The van der Waals surface area contributed by atoms with Crippen molar-refractivity contribution in [1.82, 2.24) is 15.0 Å². The summed E-state index contributed by atoms with van der Waals surface area (Å²) in [5, 5.41) is 0. The maximum atomic E-state index is 11.6. The van der Waals surface area contributed by atoms with E-state index in [-0.39, 0.29) is 5.91 Å². The number of aryl methyl sites for hydroxylation is 1. The van der Waals surface area contributed by atoms with Crippen molar-refractivity contribution >= 4 is 5.91 Å². The van der Waals surface area contributed by atoms with Crippen molar-refractivity contribution in [3.8, 4) is 5.75 Å². The summed E-state index contributed by atoms with van der Waals surface area (Å²) in [5.41, 5.74) is 2.54. The largest absolute Gasteiger partial charge is 0.491 e. The second-order valence-corrected chi connectivity index (χ2v) is 4.21. The van der Waals surface area contributed by atoms with Crippen LogP contribution in [0.5, 0.6) is 5.75 Å². The number of hydrogen-bond donors (Lipinski definition) is 2. The van der Waals surface area contributed by atoms with Crippen molar-refractivity contribution in [3.63, 3.8) is 0 Å². The van der Waals surface area contributed by atoms with E-state index in [1.165, 1.54) is 0 Å². The third-order valence-electron chi connectivity index (χ3n) is 2.97. The van der Waals surface area contributed by atoms with Crippen molar-refractivity contribution in [2.45, 2.75) is 19.9 Å². The second kappa shape index (κ2) is 6.72. The fourth-order valence-corrected chi connectivity index (χ4v) is 1.97. The molecule has 0 saturated carbocycles. The molecular weight excluding hydrogens is 256 g/mol. The van der Waals surface area contributed by atoms with Crippen LogP contribution in [0.25, 0.3) is 0 Å². The van der Waals surface area contributed by atoms with E-state index in [1.807, 2.05) is 16.8 Å². The predicted octanol–water partition coefficient (Wildman–Crippen LogP) is 1.13. The number of ether oxygens (including phenoxy) is 1. The summed E-state index contributed by atoms with van der Waals surface area (Å²) < 4.78 is 7.70. The number of nitrogen functional groups attached to an aromatic ring is 1. The molecule has 2 aromatic rings. The highest BCUT2D eigenvalue weighted by atomic mass is 16.5. The molecule has 0 unspecified atom stereocenters. The molecule has 1 heterocycles. The molecule has 0 saturated heterocycles. The first-order valence-corrected chi connectivity index (χ1v) is 6.49. The average Bonchev–Trinajstić information content (AvgIpc) is 2.94. The fraction of sp³-hybridized carbons (Fsp3) is 0.286. The summed E-state index contributed by atoms with van der Waals surface area (Å²) in [6.45, 7) is 3.19. The molecule has 0 atom stereocenters. The zero-order chi connectivity index (χ0) is 14.4. The van der Waals surface area contributed by atoms with Gasteiger partial charge in [-0.15, -0.1) is 0 Å². The molecule has 6 nitrogen and oxygen atoms in total. The fourth-order valence-electron chi connectivity index (χ4n) is 1.97. The van der Waals surface area contributed by atoms with Crippen LogP contribution in [0, 0.1) is 0 Å². The first-order valence-electron chi connectivity index (χ1n) is 6.49. The van der Waals surface area contributed by atoms with Gasteiger partial charge in [-0.3, -0.25) is 10.2 Å². The molecule has 0 bridgehead atoms. The lowest BCUT2D eigenvalue weighted by atomic mass is 10.2. The zero-order valence-corrected chi connectivity index (χ0v) is 11.4. The van der Waals surface area contributed by atoms with E-state index in [1.54, 1.807) is 24.4 Å². The SMILES string of the molecule is CCc1nccn1CCOc1ccccc1C(=O)NN. The van der Waals surface area contributed by atoms with Crippen LogP contribution < -0.4 is 16.0 Å².